The summed E-state index contributed by atoms with van der Waals surface area (Å²) < 4.78 is 6.95. The van der Waals surface area contributed by atoms with Crippen LogP contribution >= 0.6 is 0 Å². The number of carbonyl (C=O) groups excluding carboxylic acids is 1. The van der Waals surface area contributed by atoms with Gasteiger partial charge in [-0.1, -0.05) is 18.5 Å². The molecule has 0 bridgehead atoms. The molecular weight excluding hydrogens is 292 g/mol. The molecule has 0 unspecified atom stereocenters. The Bertz CT molecular complexity index is 592. The first-order valence-corrected chi connectivity index (χ1v) is 7.80. The van der Waals surface area contributed by atoms with E-state index in [-0.39, 0.29) is 5.97 Å². The van der Waals surface area contributed by atoms with Crippen molar-refractivity contribution in [2.45, 2.75) is 53.2 Å². The van der Waals surface area contributed by atoms with Crippen LogP contribution in [0.25, 0.3) is 11.3 Å². The van der Waals surface area contributed by atoms with E-state index in [2.05, 4.69) is 15.3 Å². The number of aryl methyl sites for hydroxylation is 1. The molecule has 124 valence electrons. The zero-order chi connectivity index (χ0) is 17.3. The van der Waals surface area contributed by atoms with Crippen LogP contribution in [0.3, 0.4) is 0 Å². The van der Waals surface area contributed by atoms with Gasteiger partial charge < -0.3 is 4.74 Å². The van der Waals surface area contributed by atoms with Gasteiger partial charge >= 0.3 is 5.97 Å². The number of hydrogen-bond acceptors (Lipinski definition) is 5. The molecule has 0 aliphatic carbocycles. The molecule has 6 nitrogen and oxygen atoms in total. The number of nitrogens with zero attached hydrogens (tertiary/aromatic N) is 4. The topological polar surface area (TPSA) is 68.8 Å². The predicted molar refractivity (Wildman–Crippen MR) is 87.3 cm³/mol. The highest BCUT2D eigenvalue weighted by Gasteiger charge is 2.17. The minimum atomic E-state index is -0.453. The third-order valence-electron chi connectivity index (χ3n) is 2.60. The van der Waals surface area contributed by atoms with E-state index in [1.54, 1.807) is 17.1 Å². The predicted octanol–water partition coefficient (Wildman–Crippen LogP) is 2.58. The summed E-state index contributed by atoms with van der Waals surface area (Å²) in [5.41, 5.74) is 1.20. The van der Waals surface area contributed by atoms with Crippen LogP contribution in [0.4, 0.5) is 0 Å². The normalized spacial score (nSPS) is 10.5. The van der Waals surface area contributed by atoms with E-state index in [0.717, 1.165) is 11.3 Å². The summed E-state index contributed by atoms with van der Waals surface area (Å²) in [6.07, 6.45) is 5.44. The summed E-state index contributed by atoms with van der Waals surface area (Å²) in [5, 5.41) is 12.1. The molecule has 0 aromatic carbocycles. The van der Waals surface area contributed by atoms with E-state index in [9.17, 15) is 4.79 Å². The van der Waals surface area contributed by atoms with E-state index >= 15 is 0 Å². The van der Waals surface area contributed by atoms with E-state index in [1.807, 2.05) is 59.0 Å². The maximum atomic E-state index is 11.6. The molecule has 0 saturated carbocycles. The van der Waals surface area contributed by atoms with Crippen LogP contribution in [0.1, 0.15) is 41.0 Å². The molecule has 0 aliphatic heterocycles. The van der Waals surface area contributed by atoms with Crippen molar-refractivity contribution in [3.05, 3.63) is 36.8 Å². The second-order valence-corrected chi connectivity index (χ2v) is 5.62. The number of esters is 1. The first-order chi connectivity index (χ1) is 10.9. The lowest BCUT2D eigenvalue weighted by molar-refractivity contribution is -0.752. The number of ether oxygens (including phenoxy) is 1. The molecule has 0 N–H and O–H groups in total. The fraction of sp³-hybridized carbons (Fsp3) is 0.471. The average Bonchev–Trinajstić information content (AvgIpc) is 2.55. The van der Waals surface area contributed by atoms with Crippen molar-refractivity contribution < 1.29 is 14.2 Å². The molecule has 0 fully saturated rings. The smallest absolute Gasteiger partial charge is 0.312 e. The Kier molecular flexibility index (Phi) is 7.25. The van der Waals surface area contributed by atoms with Gasteiger partial charge in [0.15, 0.2) is 12.7 Å². The Morgan fingerprint density at radius 2 is 2.00 bits per heavy atom. The minimum Gasteiger partial charge on any atom is -0.460 e. The molecule has 0 spiro atoms. The first-order valence-electron chi connectivity index (χ1n) is 7.80. The molecule has 0 radical (unpaired) electrons. The summed E-state index contributed by atoms with van der Waals surface area (Å²) in [6.45, 7) is 10.0. The lowest BCUT2D eigenvalue weighted by Gasteiger charge is -2.18. The third-order valence-corrected chi connectivity index (χ3v) is 2.60. The average molecular weight is 317 g/mol. The van der Waals surface area contributed by atoms with E-state index in [1.165, 1.54) is 0 Å². The number of rotatable bonds is 4. The van der Waals surface area contributed by atoms with Crippen molar-refractivity contribution in [1.82, 2.24) is 15.3 Å². The van der Waals surface area contributed by atoms with Gasteiger partial charge in [0.2, 0.25) is 0 Å². The van der Waals surface area contributed by atoms with Gasteiger partial charge in [0.1, 0.15) is 18.2 Å². The first kappa shape index (κ1) is 18.7. The molecule has 0 saturated heterocycles. The highest BCUT2D eigenvalue weighted by molar-refractivity contribution is 5.69. The SMILES string of the molecule is CC.CC(C)(C)OC(=O)CC[n+]1ccc(-c2cccnn2)cn1. The number of carbonyl (C=O) groups is 1. The van der Waals surface area contributed by atoms with Crippen LogP contribution < -0.4 is 4.68 Å². The Morgan fingerprint density at radius 1 is 1.26 bits per heavy atom. The van der Waals surface area contributed by atoms with Gasteiger partial charge in [-0.25, -0.2) is 0 Å². The second kappa shape index (κ2) is 8.92. The summed E-state index contributed by atoms with van der Waals surface area (Å²) in [5.74, 6) is -0.227. The maximum absolute atomic E-state index is 11.6. The fourth-order valence-corrected chi connectivity index (χ4v) is 1.72. The number of hydrogen-bond donors (Lipinski definition) is 0. The van der Waals surface area contributed by atoms with Crippen LogP contribution in [0.15, 0.2) is 36.8 Å². The van der Waals surface area contributed by atoms with Gasteiger partial charge in [0.05, 0.1) is 5.69 Å². The summed E-state index contributed by atoms with van der Waals surface area (Å²) in [6, 6.07) is 5.59. The molecule has 2 aromatic rings. The van der Waals surface area contributed by atoms with Crippen molar-refractivity contribution in [1.29, 1.82) is 0 Å². The Balaban J connectivity index is 0.00000127. The molecule has 0 atom stereocenters. The van der Waals surface area contributed by atoms with Crippen LogP contribution in [-0.4, -0.2) is 26.9 Å². The van der Waals surface area contributed by atoms with Gasteiger partial charge in [0.25, 0.3) is 0 Å². The molecule has 2 heterocycles. The summed E-state index contributed by atoms with van der Waals surface area (Å²) >= 11 is 0. The summed E-state index contributed by atoms with van der Waals surface area (Å²) in [4.78, 5) is 11.6. The molecule has 0 amide bonds. The monoisotopic (exact) mass is 317 g/mol. The molecule has 2 aromatic heterocycles. The van der Waals surface area contributed by atoms with E-state index in [4.69, 9.17) is 4.74 Å². The van der Waals surface area contributed by atoms with Crippen LogP contribution in [0.2, 0.25) is 0 Å². The van der Waals surface area contributed by atoms with E-state index < -0.39 is 5.60 Å². The Hall–Kier alpha value is -2.37. The van der Waals surface area contributed by atoms with Gasteiger partial charge in [-0.3, -0.25) is 4.79 Å². The molecule has 0 aliphatic rings. The van der Waals surface area contributed by atoms with Gasteiger partial charge in [0, 0.05) is 17.8 Å². The largest absolute Gasteiger partial charge is 0.460 e. The van der Waals surface area contributed by atoms with Gasteiger partial charge in [-0.2, -0.15) is 10.2 Å². The van der Waals surface area contributed by atoms with Gasteiger partial charge in [-0.05, 0) is 38.0 Å². The zero-order valence-electron chi connectivity index (χ0n) is 14.5. The van der Waals surface area contributed by atoms with Gasteiger partial charge in [-0.15, -0.1) is 0 Å². The van der Waals surface area contributed by atoms with Crippen LogP contribution in [0, 0.1) is 0 Å². The molecule has 2 rings (SSSR count). The van der Waals surface area contributed by atoms with E-state index in [0.29, 0.717) is 13.0 Å². The van der Waals surface area contributed by atoms with Crippen molar-refractivity contribution in [3.63, 3.8) is 0 Å². The minimum absolute atomic E-state index is 0.227. The number of aromatic nitrogens is 4. The van der Waals surface area contributed by atoms with Crippen molar-refractivity contribution in [2.24, 2.45) is 0 Å². The highest BCUT2D eigenvalue weighted by Crippen LogP contribution is 2.11. The quantitative estimate of drug-likeness (QED) is 0.640. The lowest BCUT2D eigenvalue weighted by Crippen LogP contribution is -2.39. The summed E-state index contributed by atoms with van der Waals surface area (Å²) in [7, 11) is 0. The zero-order valence-corrected chi connectivity index (χ0v) is 14.5. The van der Waals surface area contributed by atoms with Crippen molar-refractivity contribution >= 4 is 5.97 Å². The molecular formula is C17H25N4O2+. The standard InChI is InChI=1S/C15H19N4O2.C2H6/c1-15(2,3)21-14(20)7-10-19-9-6-12(11-17-19)13-5-4-8-16-18-13;1-2/h4-6,8-9,11H,7,10H2,1-3H3;1-2H3/q+1;. The molecule has 23 heavy (non-hydrogen) atoms. The maximum Gasteiger partial charge on any atom is 0.312 e. The third kappa shape index (κ3) is 6.95. The van der Waals surface area contributed by atoms with Crippen LogP contribution in [0.5, 0.6) is 0 Å². The highest BCUT2D eigenvalue weighted by atomic mass is 16.6. The lowest BCUT2D eigenvalue weighted by atomic mass is 10.2. The van der Waals surface area contributed by atoms with Crippen molar-refractivity contribution in [3.8, 4) is 11.3 Å². The second-order valence-electron chi connectivity index (χ2n) is 5.62. The fourth-order valence-electron chi connectivity index (χ4n) is 1.72. The van der Waals surface area contributed by atoms with Crippen LogP contribution in [-0.2, 0) is 16.1 Å². The Morgan fingerprint density at radius 3 is 2.52 bits per heavy atom. The Labute approximate surface area is 137 Å². The molecule has 6 heteroatoms. The van der Waals surface area contributed by atoms with Crippen molar-refractivity contribution in [2.75, 3.05) is 0 Å².